The molecule has 4 nitrogen and oxygen atoms in total. The van der Waals surface area contributed by atoms with Crippen LogP contribution in [0.5, 0.6) is 0 Å². The molecule has 0 bridgehead atoms. The van der Waals surface area contributed by atoms with Crippen molar-refractivity contribution in [2.75, 3.05) is 11.1 Å². The van der Waals surface area contributed by atoms with Gasteiger partial charge in [-0.3, -0.25) is 9.59 Å². The number of hydrogen-bond donors (Lipinski definition) is 2. The molecule has 0 spiro atoms. The number of ketones is 1. The summed E-state index contributed by atoms with van der Waals surface area (Å²) in [5, 5.41) is 2.88. The molecule has 132 valence electrons. The molecule has 2 aromatic rings. The molecule has 0 saturated carbocycles. The second kappa shape index (κ2) is 10.3. The van der Waals surface area contributed by atoms with Crippen molar-refractivity contribution in [2.24, 2.45) is 0 Å². The van der Waals surface area contributed by atoms with Gasteiger partial charge in [0.15, 0.2) is 0 Å². The summed E-state index contributed by atoms with van der Waals surface area (Å²) in [4.78, 5) is 23.8. The van der Waals surface area contributed by atoms with Crippen molar-refractivity contribution in [3.8, 4) is 0 Å². The van der Waals surface area contributed by atoms with Gasteiger partial charge in [-0.1, -0.05) is 49.2 Å². The Kier molecular flexibility index (Phi) is 7.70. The number of para-hydroxylation sites is 2. The second-order valence-corrected chi connectivity index (χ2v) is 6.24. The Hall–Kier alpha value is -2.62. The zero-order valence-corrected chi connectivity index (χ0v) is 14.5. The minimum absolute atomic E-state index is 0.0434. The van der Waals surface area contributed by atoms with E-state index in [1.54, 1.807) is 0 Å². The summed E-state index contributed by atoms with van der Waals surface area (Å²) in [6.45, 7) is 0. The average Bonchev–Trinajstić information content (AvgIpc) is 2.61. The number of carbonyl (C=O) groups is 2. The fourth-order valence-corrected chi connectivity index (χ4v) is 2.70. The van der Waals surface area contributed by atoms with E-state index in [1.165, 1.54) is 0 Å². The van der Waals surface area contributed by atoms with Crippen molar-refractivity contribution in [3.63, 3.8) is 0 Å². The number of anilines is 2. The molecule has 0 fully saturated rings. The van der Waals surface area contributed by atoms with Crippen LogP contribution in [0.4, 0.5) is 11.4 Å². The summed E-state index contributed by atoms with van der Waals surface area (Å²) in [5.41, 5.74) is 8.28. The van der Waals surface area contributed by atoms with Crippen LogP contribution >= 0.6 is 0 Å². The standard InChI is InChI=1S/C21H26N2O2/c22-20-14-9-8-10-17(20)16-19(24)13-6-1-2-7-15-21(25)23-18-11-4-3-5-12-18/h3-5,8-12,14H,1-2,6-7,13,15-16,22H2,(H,23,25). The SMILES string of the molecule is Nc1ccccc1CC(=O)CCCCCCC(=O)Nc1ccccc1. The minimum Gasteiger partial charge on any atom is -0.398 e. The van der Waals surface area contributed by atoms with E-state index in [9.17, 15) is 9.59 Å². The molecule has 4 heteroatoms. The number of hydrogen-bond acceptors (Lipinski definition) is 3. The Labute approximate surface area is 149 Å². The molecule has 0 radical (unpaired) electrons. The van der Waals surface area contributed by atoms with Crippen LogP contribution in [-0.4, -0.2) is 11.7 Å². The van der Waals surface area contributed by atoms with Gasteiger partial charge >= 0.3 is 0 Å². The van der Waals surface area contributed by atoms with Crippen LogP contribution in [0.1, 0.15) is 44.1 Å². The van der Waals surface area contributed by atoms with E-state index >= 15 is 0 Å². The smallest absolute Gasteiger partial charge is 0.224 e. The summed E-state index contributed by atoms with van der Waals surface area (Å²) in [5.74, 6) is 0.265. The summed E-state index contributed by atoms with van der Waals surface area (Å²) < 4.78 is 0. The van der Waals surface area contributed by atoms with Crippen LogP contribution in [0.15, 0.2) is 54.6 Å². The predicted octanol–water partition coefficient (Wildman–Crippen LogP) is 4.36. The lowest BCUT2D eigenvalue weighted by atomic mass is 10.0. The second-order valence-electron chi connectivity index (χ2n) is 6.24. The summed E-state index contributed by atoms with van der Waals surface area (Å²) in [6, 6.07) is 17.0. The van der Waals surface area contributed by atoms with Crippen LogP contribution in [0.3, 0.4) is 0 Å². The molecule has 2 rings (SSSR count). The molecular formula is C21H26N2O2. The maximum absolute atomic E-state index is 12.0. The van der Waals surface area contributed by atoms with Gasteiger partial charge in [-0.25, -0.2) is 0 Å². The minimum atomic E-state index is 0.0434. The fourth-order valence-electron chi connectivity index (χ4n) is 2.70. The number of nitrogens with two attached hydrogens (primary N) is 1. The Morgan fingerprint density at radius 3 is 2.16 bits per heavy atom. The largest absolute Gasteiger partial charge is 0.398 e. The van der Waals surface area contributed by atoms with Gasteiger partial charge in [0.2, 0.25) is 5.91 Å². The van der Waals surface area contributed by atoms with E-state index in [0.29, 0.717) is 24.9 Å². The van der Waals surface area contributed by atoms with Crippen molar-refractivity contribution in [2.45, 2.75) is 44.9 Å². The van der Waals surface area contributed by atoms with Gasteiger partial charge in [-0.15, -0.1) is 0 Å². The molecule has 3 N–H and O–H groups in total. The van der Waals surface area contributed by atoms with Crippen molar-refractivity contribution in [3.05, 3.63) is 60.2 Å². The highest BCUT2D eigenvalue weighted by Gasteiger charge is 2.06. The summed E-state index contributed by atoms with van der Waals surface area (Å²) in [6.07, 6.45) is 5.14. The number of nitrogens with one attached hydrogen (secondary N) is 1. The van der Waals surface area contributed by atoms with E-state index in [0.717, 1.165) is 36.9 Å². The topological polar surface area (TPSA) is 72.2 Å². The highest BCUT2D eigenvalue weighted by Crippen LogP contribution is 2.14. The summed E-state index contributed by atoms with van der Waals surface area (Å²) in [7, 11) is 0. The number of Topliss-reactive ketones (excluding diaryl/α,β-unsaturated/α-hetero) is 1. The van der Waals surface area contributed by atoms with Crippen molar-refractivity contribution >= 4 is 23.1 Å². The van der Waals surface area contributed by atoms with Crippen molar-refractivity contribution in [1.82, 2.24) is 0 Å². The van der Waals surface area contributed by atoms with Crippen LogP contribution in [0.2, 0.25) is 0 Å². The van der Waals surface area contributed by atoms with Gasteiger partial charge in [0.25, 0.3) is 0 Å². The van der Waals surface area contributed by atoms with Gasteiger partial charge in [0.05, 0.1) is 0 Å². The molecule has 1 amide bonds. The zero-order chi connectivity index (χ0) is 17.9. The number of unbranched alkanes of at least 4 members (excludes halogenated alkanes) is 3. The number of amides is 1. The normalized spacial score (nSPS) is 10.4. The molecule has 0 aliphatic heterocycles. The number of benzene rings is 2. The number of carbonyl (C=O) groups excluding carboxylic acids is 2. The maximum Gasteiger partial charge on any atom is 0.224 e. The lowest BCUT2D eigenvalue weighted by molar-refractivity contribution is -0.118. The van der Waals surface area contributed by atoms with Gasteiger partial charge in [0, 0.05) is 30.6 Å². The molecule has 0 aliphatic carbocycles. The third kappa shape index (κ3) is 7.21. The zero-order valence-electron chi connectivity index (χ0n) is 14.5. The third-order valence-electron chi connectivity index (χ3n) is 4.11. The Bertz CT molecular complexity index is 683. The van der Waals surface area contributed by atoms with Crippen LogP contribution in [0, 0.1) is 0 Å². The first-order valence-corrected chi connectivity index (χ1v) is 8.85. The Morgan fingerprint density at radius 1 is 0.800 bits per heavy atom. The first-order valence-electron chi connectivity index (χ1n) is 8.85. The van der Waals surface area contributed by atoms with Crippen molar-refractivity contribution < 1.29 is 9.59 Å². The van der Waals surface area contributed by atoms with Gasteiger partial charge in [-0.2, -0.15) is 0 Å². The molecule has 0 heterocycles. The highest BCUT2D eigenvalue weighted by atomic mass is 16.1. The van der Waals surface area contributed by atoms with Gasteiger partial charge in [-0.05, 0) is 36.6 Å². The molecule has 0 unspecified atom stereocenters. The van der Waals surface area contributed by atoms with E-state index < -0.39 is 0 Å². The molecular weight excluding hydrogens is 312 g/mol. The Morgan fingerprint density at radius 2 is 1.44 bits per heavy atom. The molecule has 0 aliphatic rings. The number of rotatable bonds is 10. The first-order chi connectivity index (χ1) is 12.1. The quantitative estimate of drug-likeness (QED) is 0.499. The van der Waals surface area contributed by atoms with Crippen LogP contribution in [0.25, 0.3) is 0 Å². The molecule has 0 saturated heterocycles. The third-order valence-corrected chi connectivity index (χ3v) is 4.11. The fraction of sp³-hybridized carbons (Fsp3) is 0.333. The summed E-state index contributed by atoms with van der Waals surface area (Å²) >= 11 is 0. The molecule has 25 heavy (non-hydrogen) atoms. The molecule has 2 aromatic carbocycles. The van der Waals surface area contributed by atoms with Gasteiger partial charge in [0.1, 0.15) is 5.78 Å². The monoisotopic (exact) mass is 338 g/mol. The highest BCUT2D eigenvalue weighted by molar-refractivity contribution is 5.90. The average molecular weight is 338 g/mol. The van der Waals surface area contributed by atoms with Gasteiger partial charge < -0.3 is 11.1 Å². The maximum atomic E-state index is 12.0. The predicted molar refractivity (Wildman–Crippen MR) is 102 cm³/mol. The lowest BCUT2D eigenvalue weighted by Crippen LogP contribution is -2.10. The van der Waals surface area contributed by atoms with E-state index in [2.05, 4.69) is 5.32 Å². The first kappa shape index (κ1) is 18.7. The van der Waals surface area contributed by atoms with Crippen LogP contribution in [-0.2, 0) is 16.0 Å². The molecule has 0 atom stereocenters. The van der Waals surface area contributed by atoms with Crippen LogP contribution < -0.4 is 11.1 Å². The van der Waals surface area contributed by atoms with E-state index in [4.69, 9.17) is 5.73 Å². The molecule has 0 aromatic heterocycles. The van der Waals surface area contributed by atoms with E-state index in [1.807, 2.05) is 54.6 Å². The van der Waals surface area contributed by atoms with Crippen molar-refractivity contribution in [1.29, 1.82) is 0 Å². The van der Waals surface area contributed by atoms with E-state index in [-0.39, 0.29) is 11.7 Å². The lowest BCUT2D eigenvalue weighted by Gasteiger charge is -2.06. The number of nitrogen functional groups attached to an aromatic ring is 1. The Balaban J connectivity index is 1.54.